The topological polar surface area (TPSA) is 88.5 Å². The largest absolute Gasteiger partial charge is 0.418 e. The van der Waals surface area contributed by atoms with E-state index >= 15 is 0 Å². The fourth-order valence-corrected chi connectivity index (χ4v) is 8.59. The number of amides is 3. The SMILES string of the molecule is O=C(Cn1c2c(sc1=O)[C@H](c1ccc(Br)cc1)C1C(=O)N(c3ccccc3C(F)(F)F)C(=O)C1S2)Nc1cccc(C(F)(F)F)c1. The minimum absolute atomic E-state index is 0.159. The van der Waals surface area contributed by atoms with Gasteiger partial charge in [0, 0.05) is 21.0 Å². The number of carbonyl (C=O) groups is 3. The van der Waals surface area contributed by atoms with E-state index in [1.807, 2.05) is 0 Å². The summed E-state index contributed by atoms with van der Waals surface area (Å²) in [6.45, 7) is -0.638. The molecule has 1 saturated heterocycles. The number of anilines is 2. The molecule has 238 valence electrons. The molecule has 3 heterocycles. The van der Waals surface area contributed by atoms with Crippen LogP contribution in [0, 0.1) is 5.92 Å². The normalized spacial score (nSPS) is 19.6. The summed E-state index contributed by atoms with van der Waals surface area (Å²) in [4.78, 5) is 54.3. The van der Waals surface area contributed by atoms with E-state index in [2.05, 4.69) is 21.2 Å². The highest BCUT2D eigenvalue weighted by Gasteiger charge is 2.57. The average Bonchev–Trinajstić information content (AvgIpc) is 3.43. The fourth-order valence-electron chi connectivity index (χ4n) is 5.55. The van der Waals surface area contributed by atoms with E-state index in [9.17, 15) is 45.5 Å². The molecular formula is C30H18BrF6N3O4S2. The van der Waals surface area contributed by atoms with Crippen LogP contribution in [0.25, 0.3) is 0 Å². The van der Waals surface area contributed by atoms with E-state index in [0.717, 1.165) is 64.1 Å². The Bertz CT molecular complexity index is 1940. The lowest BCUT2D eigenvalue weighted by Crippen LogP contribution is -2.33. The van der Waals surface area contributed by atoms with E-state index in [-0.39, 0.29) is 10.7 Å². The van der Waals surface area contributed by atoms with Crippen molar-refractivity contribution < 1.29 is 40.7 Å². The zero-order chi connectivity index (χ0) is 33.1. The predicted octanol–water partition coefficient (Wildman–Crippen LogP) is 7.14. The minimum atomic E-state index is -4.87. The number of thiazole rings is 1. The number of nitrogens with one attached hydrogen (secondary N) is 1. The first kappa shape index (κ1) is 32.1. The third kappa shape index (κ3) is 5.77. The van der Waals surface area contributed by atoms with Gasteiger partial charge in [0.1, 0.15) is 11.8 Å². The number of imide groups is 1. The number of nitrogens with zero attached hydrogens (tertiary/aromatic N) is 2. The molecule has 0 saturated carbocycles. The van der Waals surface area contributed by atoms with Crippen molar-refractivity contribution in [3.8, 4) is 0 Å². The molecule has 2 aliphatic heterocycles. The van der Waals surface area contributed by atoms with Crippen molar-refractivity contribution in [1.29, 1.82) is 0 Å². The second-order valence-electron chi connectivity index (χ2n) is 10.4. The number of thioether (sulfide) groups is 1. The second kappa shape index (κ2) is 11.7. The van der Waals surface area contributed by atoms with Crippen LogP contribution >= 0.6 is 39.0 Å². The van der Waals surface area contributed by atoms with E-state index in [1.54, 1.807) is 24.3 Å². The van der Waals surface area contributed by atoms with Gasteiger partial charge in [0.2, 0.25) is 17.7 Å². The first-order valence-corrected chi connectivity index (χ1v) is 15.8. The number of carbonyl (C=O) groups excluding carboxylic acids is 3. The number of aromatic nitrogens is 1. The maximum atomic E-state index is 14.0. The van der Waals surface area contributed by atoms with Crippen LogP contribution in [-0.4, -0.2) is 27.5 Å². The highest BCUT2D eigenvalue weighted by molar-refractivity contribution is 9.10. The minimum Gasteiger partial charge on any atom is -0.325 e. The molecule has 0 radical (unpaired) electrons. The molecule has 1 aromatic heterocycles. The summed E-state index contributed by atoms with van der Waals surface area (Å²) in [7, 11) is 0. The molecule has 0 spiro atoms. The number of fused-ring (bicyclic) bond motifs is 2. The summed E-state index contributed by atoms with van der Waals surface area (Å²) < 4.78 is 83.0. The Hall–Kier alpha value is -3.89. The van der Waals surface area contributed by atoms with Crippen molar-refractivity contribution in [2.24, 2.45) is 5.92 Å². The lowest BCUT2D eigenvalue weighted by molar-refractivity contribution is -0.138. The van der Waals surface area contributed by atoms with Gasteiger partial charge in [-0.3, -0.25) is 23.7 Å². The van der Waals surface area contributed by atoms with Crippen molar-refractivity contribution in [2.45, 2.75) is 35.1 Å². The molecule has 3 atom stereocenters. The van der Waals surface area contributed by atoms with Gasteiger partial charge in [-0.15, -0.1) is 0 Å². The predicted molar refractivity (Wildman–Crippen MR) is 162 cm³/mol. The molecule has 0 aliphatic carbocycles. The Kier molecular flexibility index (Phi) is 8.17. The lowest BCUT2D eigenvalue weighted by atomic mass is 9.83. The van der Waals surface area contributed by atoms with E-state index in [4.69, 9.17) is 0 Å². The van der Waals surface area contributed by atoms with Gasteiger partial charge in [0.15, 0.2) is 0 Å². The molecule has 7 nitrogen and oxygen atoms in total. The molecule has 0 bridgehead atoms. The van der Waals surface area contributed by atoms with Crippen molar-refractivity contribution in [3.05, 3.63) is 109 Å². The third-order valence-electron chi connectivity index (χ3n) is 7.50. The first-order valence-electron chi connectivity index (χ1n) is 13.3. The van der Waals surface area contributed by atoms with Crippen LogP contribution in [0.4, 0.5) is 37.7 Å². The van der Waals surface area contributed by atoms with Crippen molar-refractivity contribution in [1.82, 2.24) is 4.57 Å². The van der Waals surface area contributed by atoms with Gasteiger partial charge in [0.05, 0.1) is 27.8 Å². The van der Waals surface area contributed by atoms with Gasteiger partial charge in [-0.1, -0.05) is 69.4 Å². The van der Waals surface area contributed by atoms with Crippen molar-refractivity contribution in [3.63, 3.8) is 0 Å². The monoisotopic (exact) mass is 741 g/mol. The number of hydrogen-bond acceptors (Lipinski definition) is 6. The molecule has 46 heavy (non-hydrogen) atoms. The Morgan fingerprint density at radius 1 is 0.870 bits per heavy atom. The van der Waals surface area contributed by atoms with E-state index < -0.39 is 75.4 Å². The Morgan fingerprint density at radius 2 is 1.57 bits per heavy atom. The molecule has 2 unspecified atom stereocenters. The molecule has 1 fully saturated rings. The Morgan fingerprint density at radius 3 is 2.24 bits per heavy atom. The zero-order valence-electron chi connectivity index (χ0n) is 22.9. The molecule has 2 aliphatic rings. The average molecular weight is 743 g/mol. The summed E-state index contributed by atoms with van der Waals surface area (Å²) in [5, 5.41) is 1.26. The molecule has 1 N–H and O–H groups in total. The van der Waals surface area contributed by atoms with Crippen LogP contribution in [0.15, 0.2) is 87.1 Å². The number of halogens is 7. The summed E-state index contributed by atoms with van der Waals surface area (Å²) in [6.07, 6.45) is -9.52. The standard InChI is InChI=1S/C30H18BrF6N3O4S2/c31-16-10-8-14(9-11-16)21-22-23(26(43)40(25(22)42)19-7-2-1-6-18(19)30(35,36)37)45-27-24(21)46-28(44)39(27)13-20(41)38-17-5-3-4-15(12-17)29(32,33)34/h1-12,21-23H,13H2,(H,38,41)/t21-,22?,23?/m1/s1. The number of para-hydroxylation sites is 1. The summed E-state index contributed by atoms with van der Waals surface area (Å²) >= 11 is 4.85. The fraction of sp³-hybridized carbons (Fsp3) is 0.200. The molecule has 3 aromatic carbocycles. The zero-order valence-corrected chi connectivity index (χ0v) is 26.1. The first-order chi connectivity index (χ1) is 21.6. The van der Waals surface area contributed by atoms with E-state index in [1.165, 1.54) is 12.1 Å². The molecule has 3 amide bonds. The van der Waals surface area contributed by atoms with Crippen molar-refractivity contribution in [2.75, 3.05) is 10.2 Å². The number of hydrogen-bond donors (Lipinski definition) is 1. The maximum Gasteiger partial charge on any atom is 0.418 e. The van der Waals surface area contributed by atoms with Crippen LogP contribution in [0.1, 0.15) is 27.5 Å². The Labute approximate surface area is 272 Å². The third-order valence-corrected chi connectivity index (χ3v) is 10.6. The maximum absolute atomic E-state index is 14.0. The van der Waals surface area contributed by atoms with Crippen LogP contribution in [0.2, 0.25) is 0 Å². The van der Waals surface area contributed by atoms with Crippen LogP contribution in [0.5, 0.6) is 0 Å². The van der Waals surface area contributed by atoms with Gasteiger partial charge >= 0.3 is 17.2 Å². The summed E-state index contributed by atoms with van der Waals surface area (Å²) in [6, 6.07) is 14.8. The van der Waals surface area contributed by atoms with Crippen molar-refractivity contribution >= 4 is 68.1 Å². The molecular weight excluding hydrogens is 724 g/mol. The smallest absolute Gasteiger partial charge is 0.325 e. The van der Waals surface area contributed by atoms with Gasteiger partial charge in [-0.25, -0.2) is 4.90 Å². The summed E-state index contributed by atoms with van der Waals surface area (Å²) in [5.41, 5.74) is -2.42. The number of alkyl halides is 6. The quantitative estimate of drug-likeness (QED) is 0.174. The molecule has 16 heteroatoms. The second-order valence-corrected chi connectivity index (χ2v) is 13.4. The lowest BCUT2D eigenvalue weighted by Gasteiger charge is -2.30. The molecule has 4 aromatic rings. The van der Waals surface area contributed by atoms with Crippen LogP contribution < -0.4 is 15.1 Å². The summed E-state index contributed by atoms with van der Waals surface area (Å²) in [5.74, 6) is -4.73. The van der Waals surface area contributed by atoms with Gasteiger partial charge < -0.3 is 5.32 Å². The highest BCUT2D eigenvalue weighted by Crippen LogP contribution is 2.54. The number of rotatable bonds is 5. The molecule has 6 rings (SSSR count). The number of benzene rings is 3. The van der Waals surface area contributed by atoms with Crippen LogP contribution in [-0.2, 0) is 33.3 Å². The van der Waals surface area contributed by atoms with Gasteiger partial charge in [0.25, 0.3) is 0 Å². The van der Waals surface area contributed by atoms with E-state index in [0.29, 0.717) is 19.8 Å². The Balaban J connectivity index is 1.40. The van der Waals surface area contributed by atoms with Crippen LogP contribution in [0.3, 0.4) is 0 Å². The van der Waals surface area contributed by atoms with Gasteiger partial charge in [-0.2, -0.15) is 26.3 Å². The van der Waals surface area contributed by atoms with Gasteiger partial charge in [-0.05, 0) is 48.0 Å². The highest BCUT2D eigenvalue weighted by atomic mass is 79.9.